The number of fused-ring (bicyclic) bond motifs is 1. The first-order valence-corrected chi connectivity index (χ1v) is 6.71. The van der Waals surface area contributed by atoms with Crippen LogP contribution in [0.4, 0.5) is 0 Å². The van der Waals surface area contributed by atoms with E-state index in [1.807, 2.05) is 0 Å². The van der Waals surface area contributed by atoms with Gasteiger partial charge in [-0.05, 0) is 32.4 Å². The summed E-state index contributed by atoms with van der Waals surface area (Å²) < 4.78 is 2.06. The van der Waals surface area contributed by atoms with Crippen LogP contribution >= 0.6 is 0 Å². The molecule has 1 aromatic heterocycles. The zero-order valence-electron chi connectivity index (χ0n) is 10.5. The summed E-state index contributed by atoms with van der Waals surface area (Å²) in [4.78, 5) is 7.19. The number of nitrogens with two attached hydrogens (primary N) is 1. The summed E-state index contributed by atoms with van der Waals surface area (Å²) in [5.41, 5.74) is 5.97. The van der Waals surface area contributed by atoms with Crippen molar-refractivity contribution in [2.75, 3.05) is 13.1 Å². The van der Waals surface area contributed by atoms with E-state index in [0.29, 0.717) is 6.04 Å². The molecule has 2 aliphatic heterocycles. The van der Waals surface area contributed by atoms with E-state index in [2.05, 4.69) is 21.6 Å². The van der Waals surface area contributed by atoms with Crippen molar-refractivity contribution in [1.82, 2.24) is 19.7 Å². The summed E-state index contributed by atoms with van der Waals surface area (Å²) in [6.07, 6.45) is 4.37. The Morgan fingerprint density at radius 2 is 2.24 bits per heavy atom. The molecule has 5 heteroatoms. The molecule has 1 aromatic rings. The van der Waals surface area contributed by atoms with Crippen LogP contribution in [0.3, 0.4) is 0 Å². The second kappa shape index (κ2) is 4.38. The molecule has 0 bridgehead atoms. The number of hydrogen-bond acceptors (Lipinski definition) is 4. The van der Waals surface area contributed by atoms with Crippen LogP contribution in [0.2, 0.25) is 0 Å². The van der Waals surface area contributed by atoms with E-state index in [1.165, 1.54) is 19.4 Å². The third-order valence-corrected chi connectivity index (χ3v) is 3.99. The van der Waals surface area contributed by atoms with Gasteiger partial charge in [0.15, 0.2) is 5.82 Å². The zero-order chi connectivity index (χ0) is 11.8. The van der Waals surface area contributed by atoms with Gasteiger partial charge >= 0.3 is 0 Å². The van der Waals surface area contributed by atoms with Crippen LogP contribution in [-0.2, 0) is 13.0 Å². The predicted molar refractivity (Wildman–Crippen MR) is 65.5 cm³/mol. The van der Waals surface area contributed by atoms with Gasteiger partial charge in [0.1, 0.15) is 5.82 Å². The highest BCUT2D eigenvalue weighted by Gasteiger charge is 2.29. The molecule has 3 rings (SSSR count). The fourth-order valence-corrected chi connectivity index (χ4v) is 2.99. The maximum absolute atomic E-state index is 5.97. The number of aromatic nitrogens is 3. The zero-order valence-corrected chi connectivity index (χ0v) is 10.5. The molecular weight excluding hydrogens is 214 g/mol. The topological polar surface area (TPSA) is 60.0 Å². The lowest BCUT2D eigenvalue weighted by atomic mass is 10.1. The fraction of sp³-hybridized carbons (Fsp3) is 0.833. The minimum absolute atomic E-state index is 0.269. The van der Waals surface area contributed by atoms with Crippen molar-refractivity contribution >= 4 is 0 Å². The van der Waals surface area contributed by atoms with Gasteiger partial charge in [-0.25, -0.2) is 9.67 Å². The summed E-state index contributed by atoms with van der Waals surface area (Å²) in [5.74, 6) is 2.11. The van der Waals surface area contributed by atoms with Crippen molar-refractivity contribution in [3.05, 3.63) is 11.6 Å². The predicted octanol–water partition coefficient (Wildman–Crippen LogP) is 0.708. The molecule has 0 radical (unpaired) electrons. The van der Waals surface area contributed by atoms with Crippen LogP contribution in [0.5, 0.6) is 0 Å². The summed E-state index contributed by atoms with van der Waals surface area (Å²) in [6.45, 7) is 5.42. The Labute approximate surface area is 102 Å². The Bertz CT molecular complexity index is 400. The first-order chi connectivity index (χ1) is 8.28. The molecule has 0 aromatic carbocycles. The highest BCUT2D eigenvalue weighted by atomic mass is 15.4. The van der Waals surface area contributed by atoms with Gasteiger partial charge in [-0.15, -0.1) is 0 Å². The average molecular weight is 235 g/mol. The molecule has 2 unspecified atom stereocenters. The highest BCUT2D eigenvalue weighted by molar-refractivity contribution is 5.04. The van der Waals surface area contributed by atoms with E-state index in [1.54, 1.807) is 0 Å². The van der Waals surface area contributed by atoms with Gasteiger partial charge in [0.25, 0.3) is 0 Å². The van der Waals surface area contributed by atoms with Crippen LogP contribution in [0.1, 0.15) is 43.9 Å². The summed E-state index contributed by atoms with van der Waals surface area (Å²) in [7, 11) is 0. The van der Waals surface area contributed by atoms with Gasteiger partial charge in [0, 0.05) is 19.0 Å². The third-order valence-electron chi connectivity index (χ3n) is 3.99. The molecule has 17 heavy (non-hydrogen) atoms. The molecule has 94 valence electrons. The SMILES string of the molecule is CCN1CCCC1c1nc2n(n1)CCC(N)C2. The normalized spacial score (nSPS) is 29.5. The van der Waals surface area contributed by atoms with Crippen molar-refractivity contribution < 1.29 is 0 Å². The number of rotatable bonds is 2. The van der Waals surface area contributed by atoms with Crippen LogP contribution < -0.4 is 5.73 Å². The van der Waals surface area contributed by atoms with Crippen molar-refractivity contribution in [3.63, 3.8) is 0 Å². The van der Waals surface area contributed by atoms with Crippen molar-refractivity contribution in [2.24, 2.45) is 5.73 Å². The molecule has 1 fully saturated rings. The molecule has 2 aliphatic rings. The number of aryl methyl sites for hydroxylation is 1. The Kier molecular flexibility index (Phi) is 2.88. The van der Waals surface area contributed by atoms with E-state index >= 15 is 0 Å². The fourth-order valence-electron chi connectivity index (χ4n) is 2.99. The van der Waals surface area contributed by atoms with Gasteiger partial charge in [0.2, 0.25) is 0 Å². The molecule has 0 saturated carbocycles. The molecule has 0 aliphatic carbocycles. The maximum atomic E-state index is 5.97. The maximum Gasteiger partial charge on any atom is 0.168 e. The standard InChI is InChI=1S/C12H21N5/c1-2-16-6-3-4-10(16)12-14-11-8-9(13)5-7-17(11)15-12/h9-10H,2-8,13H2,1H3. The van der Waals surface area contributed by atoms with Gasteiger partial charge in [-0.2, -0.15) is 5.10 Å². The Morgan fingerprint density at radius 1 is 1.35 bits per heavy atom. The molecule has 0 amide bonds. The lowest BCUT2D eigenvalue weighted by Crippen LogP contribution is -2.31. The van der Waals surface area contributed by atoms with Gasteiger partial charge < -0.3 is 5.73 Å². The lowest BCUT2D eigenvalue weighted by Gasteiger charge is -2.19. The first kappa shape index (κ1) is 11.2. The van der Waals surface area contributed by atoms with E-state index in [-0.39, 0.29) is 6.04 Å². The van der Waals surface area contributed by atoms with Crippen LogP contribution in [0.25, 0.3) is 0 Å². The Hall–Kier alpha value is -0.940. The summed E-state index contributed by atoms with van der Waals surface area (Å²) >= 11 is 0. The second-order valence-electron chi connectivity index (χ2n) is 5.15. The Balaban J connectivity index is 1.84. The molecule has 1 saturated heterocycles. The highest BCUT2D eigenvalue weighted by Crippen LogP contribution is 2.30. The lowest BCUT2D eigenvalue weighted by molar-refractivity contribution is 0.261. The van der Waals surface area contributed by atoms with E-state index in [0.717, 1.165) is 37.6 Å². The van der Waals surface area contributed by atoms with Gasteiger partial charge in [-0.1, -0.05) is 6.92 Å². The quantitative estimate of drug-likeness (QED) is 0.820. The van der Waals surface area contributed by atoms with Gasteiger partial charge in [-0.3, -0.25) is 4.90 Å². The van der Waals surface area contributed by atoms with Crippen LogP contribution in [0.15, 0.2) is 0 Å². The van der Waals surface area contributed by atoms with Gasteiger partial charge in [0.05, 0.1) is 6.04 Å². The Morgan fingerprint density at radius 3 is 3.06 bits per heavy atom. The molecule has 0 spiro atoms. The van der Waals surface area contributed by atoms with E-state index in [9.17, 15) is 0 Å². The van der Waals surface area contributed by atoms with Crippen LogP contribution in [0, 0.1) is 0 Å². The second-order valence-corrected chi connectivity index (χ2v) is 5.15. The van der Waals surface area contributed by atoms with E-state index in [4.69, 9.17) is 10.7 Å². The van der Waals surface area contributed by atoms with E-state index < -0.39 is 0 Å². The van der Waals surface area contributed by atoms with Crippen LogP contribution in [-0.4, -0.2) is 38.8 Å². The largest absolute Gasteiger partial charge is 0.327 e. The van der Waals surface area contributed by atoms with Crippen molar-refractivity contribution in [1.29, 1.82) is 0 Å². The summed E-state index contributed by atoms with van der Waals surface area (Å²) in [5, 5.41) is 4.67. The number of hydrogen-bond donors (Lipinski definition) is 1. The van der Waals surface area contributed by atoms with Crippen molar-refractivity contribution in [2.45, 2.75) is 51.2 Å². The van der Waals surface area contributed by atoms with Crippen molar-refractivity contribution in [3.8, 4) is 0 Å². The monoisotopic (exact) mass is 235 g/mol. The molecule has 3 heterocycles. The minimum atomic E-state index is 0.269. The third kappa shape index (κ3) is 1.98. The molecule has 5 nitrogen and oxygen atoms in total. The first-order valence-electron chi connectivity index (χ1n) is 6.71. The smallest absolute Gasteiger partial charge is 0.168 e. The summed E-state index contributed by atoms with van der Waals surface area (Å²) in [6, 6.07) is 0.708. The minimum Gasteiger partial charge on any atom is -0.327 e. The molecule has 2 atom stereocenters. The number of likely N-dealkylation sites (tertiary alicyclic amines) is 1. The average Bonchev–Trinajstić information content (AvgIpc) is 2.93. The number of nitrogens with zero attached hydrogens (tertiary/aromatic N) is 4. The molecular formula is C12H21N5. The molecule has 2 N–H and O–H groups in total.